The van der Waals surface area contributed by atoms with Crippen molar-refractivity contribution in [2.75, 3.05) is 0 Å². The number of rotatable bonds is 8. The average Bonchev–Trinajstić information content (AvgIpc) is 3.58. The molecule has 0 atom stereocenters. The van der Waals surface area contributed by atoms with Crippen molar-refractivity contribution < 1.29 is 0 Å². The van der Waals surface area contributed by atoms with Gasteiger partial charge in [-0.15, -0.1) is 0 Å². The van der Waals surface area contributed by atoms with Crippen LogP contribution in [0.1, 0.15) is 118 Å². The fourth-order valence-electron chi connectivity index (χ4n) is 6.73. The molecule has 4 N–H and O–H groups in total. The summed E-state index contributed by atoms with van der Waals surface area (Å²) in [6.45, 7) is 34.8. The van der Waals surface area contributed by atoms with Crippen molar-refractivity contribution >= 4 is 11.1 Å². The van der Waals surface area contributed by atoms with Crippen LogP contribution in [-0.4, -0.2) is 19.9 Å². The summed E-state index contributed by atoms with van der Waals surface area (Å²) in [7, 11) is 0. The Morgan fingerprint density at radius 1 is 0.400 bits per heavy atom. The van der Waals surface area contributed by atoms with Crippen LogP contribution in [0.5, 0.6) is 0 Å². The lowest BCUT2D eigenvalue weighted by atomic mass is 9.99. The van der Waals surface area contributed by atoms with E-state index in [1.54, 1.807) is 0 Å². The molecule has 4 heterocycles. The van der Waals surface area contributed by atoms with E-state index in [0.717, 1.165) is 36.8 Å². The average molecular weight is 541 g/mol. The molecule has 0 aliphatic heterocycles. The predicted molar refractivity (Wildman–Crippen MR) is 175 cm³/mol. The molecule has 0 saturated heterocycles. The van der Waals surface area contributed by atoms with E-state index in [0.29, 0.717) is 0 Å². The minimum atomic E-state index is 1.06. The van der Waals surface area contributed by atoms with Crippen LogP contribution in [-0.2, 0) is 25.7 Å². The second kappa shape index (κ2) is 12.4. The van der Waals surface area contributed by atoms with Gasteiger partial charge >= 0.3 is 0 Å². The van der Waals surface area contributed by atoms with Crippen molar-refractivity contribution in [2.24, 2.45) is 0 Å². The van der Waals surface area contributed by atoms with Crippen LogP contribution in [0.15, 0.2) is 13.2 Å². The first-order chi connectivity index (χ1) is 18.8. The van der Waals surface area contributed by atoms with Gasteiger partial charge in [0.1, 0.15) is 0 Å². The molecule has 0 aromatic carbocycles. The Morgan fingerprint density at radius 2 is 0.575 bits per heavy atom. The first kappa shape index (κ1) is 31.1. The van der Waals surface area contributed by atoms with Crippen molar-refractivity contribution in [3.63, 3.8) is 0 Å². The summed E-state index contributed by atoms with van der Waals surface area (Å²) < 4.78 is 0. The summed E-state index contributed by atoms with van der Waals surface area (Å²) in [6, 6.07) is 0. The number of aromatic nitrogens is 4. The van der Waals surface area contributed by atoms with Gasteiger partial charge in [0, 0.05) is 33.9 Å². The maximum absolute atomic E-state index is 4.33. The van der Waals surface area contributed by atoms with E-state index in [4.69, 9.17) is 0 Å². The molecule has 4 rings (SSSR count). The molecule has 0 aliphatic rings. The van der Waals surface area contributed by atoms with Gasteiger partial charge in [-0.2, -0.15) is 0 Å². The molecule has 4 heteroatoms. The first-order valence-corrected chi connectivity index (χ1v) is 14.9. The van der Waals surface area contributed by atoms with Crippen LogP contribution >= 0.6 is 0 Å². The minimum Gasteiger partial charge on any atom is -0.358 e. The highest BCUT2D eigenvalue weighted by atomic mass is 14.8. The van der Waals surface area contributed by atoms with Crippen LogP contribution in [0.3, 0.4) is 0 Å². The number of aromatic amines is 4. The standard InChI is InChI=1S/2C18H26N2/c2*1-8-15-10(3)17(19-13(15)6)12(5)18-11(4)16(9-2)14(7)20-18/h2*19-20H,5,8-9H2,1-4,6-7H3. The van der Waals surface area contributed by atoms with Gasteiger partial charge in [0.15, 0.2) is 0 Å². The van der Waals surface area contributed by atoms with Gasteiger partial charge < -0.3 is 19.9 Å². The Labute approximate surface area is 242 Å². The minimum absolute atomic E-state index is 1.06. The highest BCUT2D eigenvalue weighted by Crippen LogP contribution is 2.33. The van der Waals surface area contributed by atoms with Gasteiger partial charge in [-0.05, 0) is 126 Å². The number of hydrogen-bond acceptors (Lipinski definition) is 0. The molecule has 0 aliphatic carbocycles. The number of aryl methyl sites for hydroxylation is 4. The number of H-pyrrole nitrogens is 4. The van der Waals surface area contributed by atoms with Crippen molar-refractivity contribution in [2.45, 2.75) is 109 Å². The van der Waals surface area contributed by atoms with Crippen molar-refractivity contribution in [3.8, 4) is 0 Å². The van der Waals surface area contributed by atoms with E-state index in [-0.39, 0.29) is 0 Å². The highest BCUT2D eigenvalue weighted by molar-refractivity contribution is 5.80. The van der Waals surface area contributed by atoms with Crippen LogP contribution in [0, 0.1) is 55.4 Å². The molecule has 0 fully saturated rings. The van der Waals surface area contributed by atoms with Crippen LogP contribution in [0.2, 0.25) is 0 Å². The number of nitrogens with one attached hydrogen (secondary N) is 4. The Balaban J connectivity index is 0.000000220. The second-order valence-electron chi connectivity index (χ2n) is 11.3. The largest absolute Gasteiger partial charge is 0.358 e. The van der Waals surface area contributed by atoms with E-state index in [1.807, 2.05) is 0 Å². The Hall–Kier alpha value is -3.40. The summed E-state index contributed by atoms with van der Waals surface area (Å²) in [6.07, 6.45) is 4.24. The van der Waals surface area contributed by atoms with Gasteiger partial charge in [0.25, 0.3) is 0 Å². The summed E-state index contributed by atoms with van der Waals surface area (Å²) >= 11 is 0. The molecule has 0 saturated carbocycles. The summed E-state index contributed by atoms with van der Waals surface area (Å²) in [5.74, 6) is 0. The number of hydrogen-bond donors (Lipinski definition) is 4. The van der Waals surface area contributed by atoms with Gasteiger partial charge in [0.05, 0.1) is 22.8 Å². The summed E-state index contributed by atoms with van der Waals surface area (Å²) in [5.41, 5.74) is 22.9. The molecule has 0 amide bonds. The van der Waals surface area contributed by atoms with Gasteiger partial charge in [-0.3, -0.25) is 0 Å². The monoisotopic (exact) mass is 540 g/mol. The van der Waals surface area contributed by atoms with E-state index in [2.05, 4.69) is 116 Å². The molecule has 0 unspecified atom stereocenters. The van der Waals surface area contributed by atoms with E-state index in [1.165, 1.54) is 90.1 Å². The second-order valence-corrected chi connectivity index (χ2v) is 11.3. The van der Waals surface area contributed by atoms with Gasteiger partial charge in [0.2, 0.25) is 0 Å². The summed E-state index contributed by atoms with van der Waals surface area (Å²) in [4.78, 5) is 14.1. The summed E-state index contributed by atoms with van der Waals surface area (Å²) in [5, 5.41) is 0. The van der Waals surface area contributed by atoms with E-state index in [9.17, 15) is 0 Å². The zero-order valence-corrected chi connectivity index (χ0v) is 27.2. The van der Waals surface area contributed by atoms with Gasteiger partial charge in [-0.25, -0.2) is 0 Å². The molecule has 4 aromatic rings. The molecule has 0 spiro atoms. The molecule has 40 heavy (non-hydrogen) atoms. The third-order valence-corrected chi connectivity index (χ3v) is 8.99. The first-order valence-electron chi connectivity index (χ1n) is 14.9. The highest BCUT2D eigenvalue weighted by Gasteiger charge is 2.19. The van der Waals surface area contributed by atoms with E-state index >= 15 is 0 Å². The third-order valence-electron chi connectivity index (χ3n) is 8.99. The Bertz CT molecular complexity index is 1310. The van der Waals surface area contributed by atoms with Crippen LogP contribution in [0.4, 0.5) is 0 Å². The Morgan fingerprint density at radius 3 is 0.700 bits per heavy atom. The topological polar surface area (TPSA) is 63.2 Å². The van der Waals surface area contributed by atoms with Gasteiger partial charge in [-0.1, -0.05) is 40.9 Å². The van der Waals surface area contributed by atoms with Crippen molar-refractivity contribution in [3.05, 3.63) is 103 Å². The molecular weight excluding hydrogens is 488 g/mol. The predicted octanol–water partition coefficient (Wildman–Crippen LogP) is 9.53. The SMILES string of the molecule is C=C(c1[nH]c(C)c(CC)c1C)c1[nH]c(C)c(CC)c1C.C=C(c1[nH]c(C)c(CC)c1C)c1[nH]c(C)c(CC)c1C. The smallest absolute Gasteiger partial charge is 0.0503 e. The fraction of sp³-hybridized carbons (Fsp3) is 0.444. The zero-order chi connectivity index (χ0) is 30.0. The third kappa shape index (κ3) is 5.46. The lowest BCUT2D eigenvalue weighted by Gasteiger charge is -2.06. The van der Waals surface area contributed by atoms with Crippen LogP contribution < -0.4 is 0 Å². The lowest BCUT2D eigenvalue weighted by Crippen LogP contribution is -1.93. The maximum Gasteiger partial charge on any atom is 0.0503 e. The normalized spacial score (nSPS) is 11.1. The molecule has 4 aromatic heterocycles. The van der Waals surface area contributed by atoms with Crippen LogP contribution in [0.25, 0.3) is 11.1 Å². The quantitative estimate of drug-likeness (QED) is 0.172. The maximum atomic E-state index is 4.33. The molecule has 216 valence electrons. The molecule has 4 nitrogen and oxygen atoms in total. The zero-order valence-electron chi connectivity index (χ0n) is 27.2. The molecule has 0 radical (unpaired) electrons. The molecular formula is C36H52N4. The van der Waals surface area contributed by atoms with Crippen molar-refractivity contribution in [1.29, 1.82) is 0 Å². The van der Waals surface area contributed by atoms with Crippen molar-refractivity contribution in [1.82, 2.24) is 19.9 Å². The Kier molecular flexibility index (Phi) is 9.66. The van der Waals surface area contributed by atoms with E-state index < -0.39 is 0 Å². The fourth-order valence-corrected chi connectivity index (χ4v) is 6.73. The molecule has 0 bridgehead atoms. The lowest BCUT2D eigenvalue weighted by molar-refractivity contribution is 1.08.